The first-order chi connectivity index (χ1) is 8.00. The van der Waals surface area contributed by atoms with Crippen LogP contribution in [-0.2, 0) is 9.59 Å². The van der Waals surface area contributed by atoms with Crippen LogP contribution in [0.1, 0.15) is 9.67 Å². The van der Waals surface area contributed by atoms with Crippen LogP contribution in [0.5, 0.6) is 0 Å². The number of carbonyl (C=O) groups is 3. The first-order valence-electron chi connectivity index (χ1n) is 4.50. The molecule has 0 aliphatic rings. The van der Waals surface area contributed by atoms with Crippen molar-refractivity contribution in [2.24, 2.45) is 0 Å². The molecule has 0 saturated carbocycles. The van der Waals surface area contributed by atoms with Crippen LogP contribution in [0.3, 0.4) is 0 Å². The predicted octanol–water partition coefficient (Wildman–Crippen LogP) is 0.441. The van der Waals surface area contributed by atoms with Gasteiger partial charge in [-0.2, -0.15) is 0 Å². The third kappa shape index (κ3) is 4.53. The first-order valence-corrected chi connectivity index (χ1v) is 6.17. The SMILES string of the molecule is O=C(O)CNC(=O)CNC(=O)c1sccc1Br. The van der Waals surface area contributed by atoms with E-state index in [0.29, 0.717) is 9.35 Å². The lowest BCUT2D eigenvalue weighted by molar-refractivity contribution is -0.137. The van der Waals surface area contributed by atoms with Crippen LogP contribution in [0, 0.1) is 0 Å². The Morgan fingerprint density at radius 3 is 2.53 bits per heavy atom. The summed E-state index contributed by atoms with van der Waals surface area (Å²) in [5.74, 6) is -2.06. The van der Waals surface area contributed by atoms with E-state index in [0.717, 1.165) is 0 Å². The van der Waals surface area contributed by atoms with Crippen molar-refractivity contribution in [3.05, 3.63) is 20.8 Å². The summed E-state index contributed by atoms with van der Waals surface area (Å²) in [6.45, 7) is -0.714. The average Bonchev–Trinajstić information content (AvgIpc) is 2.69. The second kappa shape index (κ2) is 6.36. The van der Waals surface area contributed by atoms with Crippen molar-refractivity contribution in [2.75, 3.05) is 13.1 Å². The predicted molar refractivity (Wildman–Crippen MR) is 65.0 cm³/mol. The lowest BCUT2D eigenvalue weighted by Gasteiger charge is -2.04. The molecule has 0 spiro atoms. The van der Waals surface area contributed by atoms with E-state index in [9.17, 15) is 14.4 Å². The number of carboxylic acids is 1. The van der Waals surface area contributed by atoms with Gasteiger partial charge in [0.2, 0.25) is 5.91 Å². The Morgan fingerprint density at radius 1 is 1.29 bits per heavy atom. The van der Waals surface area contributed by atoms with E-state index in [4.69, 9.17) is 5.11 Å². The number of hydrogen-bond donors (Lipinski definition) is 3. The van der Waals surface area contributed by atoms with Gasteiger partial charge in [0.1, 0.15) is 11.4 Å². The Balaban J connectivity index is 2.36. The molecule has 0 radical (unpaired) electrons. The van der Waals surface area contributed by atoms with E-state index < -0.39 is 18.4 Å². The molecule has 1 aromatic heterocycles. The first kappa shape index (κ1) is 13.7. The van der Waals surface area contributed by atoms with E-state index in [-0.39, 0.29) is 12.5 Å². The lowest BCUT2D eigenvalue weighted by atomic mass is 10.4. The molecule has 1 rings (SSSR count). The van der Waals surface area contributed by atoms with Crippen LogP contribution in [-0.4, -0.2) is 36.0 Å². The molecule has 17 heavy (non-hydrogen) atoms. The fourth-order valence-corrected chi connectivity index (χ4v) is 2.40. The molecule has 0 atom stereocenters. The van der Waals surface area contributed by atoms with Crippen molar-refractivity contribution >= 4 is 45.1 Å². The maximum absolute atomic E-state index is 11.5. The molecule has 92 valence electrons. The Labute approximate surface area is 109 Å². The lowest BCUT2D eigenvalue weighted by Crippen LogP contribution is -2.38. The Bertz CT molecular complexity index is 446. The molecule has 0 saturated heterocycles. The molecule has 0 aliphatic carbocycles. The Kier molecular flexibility index (Phi) is 5.11. The summed E-state index contributed by atoms with van der Waals surface area (Å²) in [5, 5.41) is 14.6. The summed E-state index contributed by atoms with van der Waals surface area (Å²) in [7, 11) is 0. The monoisotopic (exact) mass is 320 g/mol. The van der Waals surface area contributed by atoms with E-state index >= 15 is 0 Å². The van der Waals surface area contributed by atoms with Crippen LogP contribution < -0.4 is 10.6 Å². The van der Waals surface area contributed by atoms with Gasteiger partial charge in [-0.3, -0.25) is 14.4 Å². The zero-order valence-electron chi connectivity index (χ0n) is 8.53. The van der Waals surface area contributed by atoms with Crippen molar-refractivity contribution in [1.82, 2.24) is 10.6 Å². The second-order valence-electron chi connectivity index (χ2n) is 2.95. The summed E-state index contributed by atoms with van der Waals surface area (Å²) in [4.78, 5) is 33.3. The molecule has 1 aromatic rings. The third-order valence-electron chi connectivity index (χ3n) is 1.67. The van der Waals surface area contributed by atoms with Gasteiger partial charge >= 0.3 is 5.97 Å². The average molecular weight is 321 g/mol. The molecule has 0 aromatic carbocycles. The van der Waals surface area contributed by atoms with Gasteiger partial charge in [-0.15, -0.1) is 11.3 Å². The minimum Gasteiger partial charge on any atom is -0.480 e. The number of thiophene rings is 1. The number of halogens is 1. The molecule has 3 N–H and O–H groups in total. The van der Waals surface area contributed by atoms with E-state index in [1.165, 1.54) is 11.3 Å². The van der Waals surface area contributed by atoms with Crippen LogP contribution in [0.25, 0.3) is 0 Å². The zero-order chi connectivity index (χ0) is 12.8. The Morgan fingerprint density at radius 2 is 2.00 bits per heavy atom. The molecule has 0 unspecified atom stereocenters. The highest BCUT2D eigenvalue weighted by molar-refractivity contribution is 9.10. The number of aliphatic carboxylic acids is 1. The minimum atomic E-state index is -1.13. The highest BCUT2D eigenvalue weighted by Gasteiger charge is 2.12. The van der Waals surface area contributed by atoms with Gasteiger partial charge in [0, 0.05) is 4.47 Å². The summed E-state index contributed by atoms with van der Waals surface area (Å²) in [6.07, 6.45) is 0. The fourth-order valence-electron chi connectivity index (χ4n) is 0.933. The molecule has 8 heteroatoms. The smallest absolute Gasteiger partial charge is 0.322 e. The number of rotatable bonds is 5. The Hall–Kier alpha value is -1.41. The third-order valence-corrected chi connectivity index (χ3v) is 3.51. The topological polar surface area (TPSA) is 95.5 Å². The summed E-state index contributed by atoms with van der Waals surface area (Å²) in [5.41, 5.74) is 0. The molecule has 1 heterocycles. The molecule has 6 nitrogen and oxygen atoms in total. The van der Waals surface area contributed by atoms with E-state index in [2.05, 4.69) is 26.6 Å². The van der Waals surface area contributed by atoms with Gasteiger partial charge in [-0.05, 0) is 27.4 Å². The van der Waals surface area contributed by atoms with Gasteiger partial charge in [0.15, 0.2) is 0 Å². The van der Waals surface area contributed by atoms with Crippen LogP contribution >= 0.6 is 27.3 Å². The van der Waals surface area contributed by atoms with Crippen LogP contribution in [0.4, 0.5) is 0 Å². The maximum atomic E-state index is 11.5. The number of nitrogens with one attached hydrogen (secondary N) is 2. The van der Waals surface area contributed by atoms with E-state index in [1.54, 1.807) is 11.4 Å². The fraction of sp³-hybridized carbons (Fsp3) is 0.222. The minimum absolute atomic E-state index is 0.254. The van der Waals surface area contributed by atoms with Crippen LogP contribution in [0.15, 0.2) is 15.9 Å². The molecule has 0 bridgehead atoms. The number of carbonyl (C=O) groups excluding carboxylic acids is 2. The van der Waals surface area contributed by atoms with Crippen molar-refractivity contribution in [3.8, 4) is 0 Å². The van der Waals surface area contributed by atoms with Crippen molar-refractivity contribution in [2.45, 2.75) is 0 Å². The van der Waals surface area contributed by atoms with Gasteiger partial charge in [0.25, 0.3) is 5.91 Å². The second-order valence-corrected chi connectivity index (χ2v) is 4.72. The molecular weight excluding hydrogens is 312 g/mol. The molecular formula is C9H9BrN2O4S. The highest BCUT2D eigenvalue weighted by Crippen LogP contribution is 2.21. The number of hydrogen-bond acceptors (Lipinski definition) is 4. The van der Waals surface area contributed by atoms with E-state index in [1.807, 2.05) is 0 Å². The number of amides is 2. The number of carboxylic acid groups (broad SMARTS) is 1. The zero-order valence-corrected chi connectivity index (χ0v) is 10.9. The summed E-state index contributed by atoms with van der Waals surface area (Å²) in [6, 6.07) is 1.73. The van der Waals surface area contributed by atoms with Gasteiger partial charge in [0.05, 0.1) is 6.54 Å². The standard InChI is InChI=1S/C9H9BrN2O4S/c10-5-1-2-17-8(5)9(16)12-3-6(13)11-4-7(14)15/h1-2H,3-4H2,(H,11,13)(H,12,16)(H,14,15). The normalized spacial score (nSPS) is 9.71. The maximum Gasteiger partial charge on any atom is 0.322 e. The van der Waals surface area contributed by atoms with Gasteiger partial charge < -0.3 is 15.7 Å². The van der Waals surface area contributed by atoms with Crippen LogP contribution in [0.2, 0.25) is 0 Å². The largest absolute Gasteiger partial charge is 0.480 e. The molecule has 2 amide bonds. The molecule has 0 fully saturated rings. The molecule has 0 aliphatic heterocycles. The summed E-state index contributed by atoms with van der Waals surface area (Å²) >= 11 is 4.44. The van der Waals surface area contributed by atoms with Crippen molar-refractivity contribution < 1.29 is 19.5 Å². The van der Waals surface area contributed by atoms with Crippen molar-refractivity contribution in [3.63, 3.8) is 0 Å². The quantitative estimate of drug-likeness (QED) is 0.733. The highest BCUT2D eigenvalue weighted by atomic mass is 79.9. The van der Waals surface area contributed by atoms with Gasteiger partial charge in [-0.1, -0.05) is 0 Å². The van der Waals surface area contributed by atoms with Gasteiger partial charge in [-0.25, -0.2) is 0 Å². The summed E-state index contributed by atoms with van der Waals surface area (Å²) < 4.78 is 0.658. The van der Waals surface area contributed by atoms with Crippen molar-refractivity contribution in [1.29, 1.82) is 0 Å².